The predicted molar refractivity (Wildman–Crippen MR) is 91.4 cm³/mol. The Bertz CT molecular complexity index is 792. The third-order valence-electron chi connectivity index (χ3n) is 3.90. The molecular formula is C19H19NO6. The number of carbonyl (C=O) groups excluding carboxylic acids is 2. The molecule has 26 heavy (non-hydrogen) atoms. The highest BCUT2D eigenvalue weighted by Gasteiger charge is 2.24. The van der Waals surface area contributed by atoms with Crippen molar-refractivity contribution in [1.29, 1.82) is 0 Å². The van der Waals surface area contributed by atoms with Gasteiger partial charge in [-0.1, -0.05) is 36.4 Å². The predicted octanol–water partition coefficient (Wildman–Crippen LogP) is 1.70. The van der Waals surface area contributed by atoms with Gasteiger partial charge in [0.2, 0.25) is 6.79 Å². The van der Waals surface area contributed by atoms with Gasteiger partial charge < -0.3 is 24.6 Å². The fraction of sp³-hybridized carbons (Fsp3) is 0.263. The van der Waals surface area contributed by atoms with E-state index in [1.54, 1.807) is 42.5 Å². The lowest BCUT2D eigenvalue weighted by atomic mass is 10.1. The topological polar surface area (TPSA) is 94.1 Å². The molecule has 0 saturated heterocycles. The number of aliphatic hydroxyl groups is 1. The van der Waals surface area contributed by atoms with Gasteiger partial charge in [0, 0.05) is 6.54 Å². The largest absolute Gasteiger partial charge is 0.454 e. The van der Waals surface area contributed by atoms with Crippen molar-refractivity contribution in [3.63, 3.8) is 0 Å². The normalized spacial score (nSPS) is 14.4. The minimum atomic E-state index is -1.43. The van der Waals surface area contributed by atoms with Gasteiger partial charge >= 0.3 is 5.97 Å². The molecule has 1 aliphatic rings. The summed E-state index contributed by atoms with van der Waals surface area (Å²) in [6.07, 6.45) is -2.46. The minimum Gasteiger partial charge on any atom is -0.454 e. The third-order valence-corrected chi connectivity index (χ3v) is 3.90. The lowest BCUT2D eigenvalue weighted by Gasteiger charge is -2.16. The summed E-state index contributed by atoms with van der Waals surface area (Å²) < 4.78 is 15.6. The fourth-order valence-corrected chi connectivity index (χ4v) is 2.45. The van der Waals surface area contributed by atoms with Crippen molar-refractivity contribution in [2.75, 3.05) is 6.79 Å². The summed E-state index contributed by atoms with van der Waals surface area (Å²) in [6, 6.07) is 13.7. The maximum atomic E-state index is 12.1. The highest BCUT2D eigenvalue weighted by atomic mass is 16.7. The molecule has 1 aliphatic heterocycles. The van der Waals surface area contributed by atoms with Crippen LogP contribution < -0.4 is 14.8 Å². The number of ether oxygens (including phenoxy) is 3. The summed E-state index contributed by atoms with van der Waals surface area (Å²) in [5, 5.41) is 12.7. The third kappa shape index (κ3) is 4.12. The van der Waals surface area contributed by atoms with Gasteiger partial charge in [-0.25, -0.2) is 4.79 Å². The molecule has 1 heterocycles. The summed E-state index contributed by atoms with van der Waals surface area (Å²) in [4.78, 5) is 24.1. The number of amides is 1. The van der Waals surface area contributed by atoms with Crippen molar-refractivity contribution < 1.29 is 28.9 Å². The second-order valence-corrected chi connectivity index (χ2v) is 5.80. The Morgan fingerprint density at radius 3 is 2.65 bits per heavy atom. The standard InChI is InChI=1S/C19H19NO6/c1-12(26-19(23)17(21)14-5-3-2-4-6-14)18(22)20-10-13-7-8-15-16(9-13)25-11-24-15/h2-9,12,17,21H,10-11H2,1H3,(H,20,22)/t12-,17-/m1/s1. The van der Waals surface area contributed by atoms with E-state index in [0.29, 0.717) is 17.1 Å². The van der Waals surface area contributed by atoms with Crippen molar-refractivity contribution in [1.82, 2.24) is 5.32 Å². The molecule has 1 amide bonds. The first-order valence-electron chi connectivity index (χ1n) is 8.14. The van der Waals surface area contributed by atoms with E-state index in [9.17, 15) is 14.7 Å². The van der Waals surface area contributed by atoms with E-state index in [2.05, 4.69) is 5.32 Å². The Labute approximate surface area is 150 Å². The summed E-state index contributed by atoms with van der Waals surface area (Å²) in [5.41, 5.74) is 1.23. The van der Waals surface area contributed by atoms with Crippen LogP contribution in [0, 0.1) is 0 Å². The van der Waals surface area contributed by atoms with Crippen LogP contribution in [0.1, 0.15) is 24.2 Å². The number of benzene rings is 2. The smallest absolute Gasteiger partial charge is 0.340 e. The van der Waals surface area contributed by atoms with E-state index in [-0.39, 0.29) is 13.3 Å². The molecule has 2 aromatic carbocycles. The summed E-state index contributed by atoms with van der Waals surface area (Å²) >= 11 is 0. The molecule has 0 aromatic heterocycles. The van der Waals surface area contributed by atoms with Gasteiger partial charge in [-0.15, -0.1) is 0 Å². The summed E-state index contributed by atoms with van der Waals surface area (Å²) in [5.74, 6) is -0.0438. The SMILES string of the molecule is C[C@@H](OC(=O)[C@H](O)c1ccccc1)C(=O)NCc1ccc2c(c1)OCO2. The number of carbonyl (C=O) groups is 2. The van der Waals surface area contributed by atoms with E-state index in [1.807, 2.05) is 6.07 Å². The van der Waals surface area contributed by atoms with Crippen LogP contribution in [0.4, 0.5) is 0 Å². The van der Waals surface area contributed by atoms with E-state index >= 15 is 0 Å². The fourth-order valence-electron chi connectivity index (χ4n) is 2.45. The lowest BCUT2D eigenvalue weighted by molar-refractivity contribution is -0.163. The number of nitrogens with one attached hydrogen (secondary N) is 1. The molecule has 0 saturated carbocycles. The quantitative estimate of drug-likeness (QED) is 0.764. The zero-order valence-corrected chi connectivity index (χ0v) is 14.2. The molecule has 0 fully saturated rings. The van der Waals surface area contributed by atoms with Crippen LogP contribution in [0.25, 0.3) is 0 Å². The van der Waals surface area contributed by atoms with Gasteiger partial charge in [0.1, 0.15) is 0 Å². The van der Waals surface area contributed by atoms with Crippen LogP contribution in [0.2, 0.25) is 0 Å². The van der Waals surface area contributed by atoms with Gasteiger partial charge in [-0.2, -0.15) is 0 Å². The van der Waals surface area contributed by atoms with Crippen molar-refractivity contribution in [2.45, 2.75) is 25.7 Å². The zero-order valence-electron chi connectivity index (χ0n) is 14.2. The van der Waals surface area contributed by atoms with Crippen LogP contribution in [-0.4, -0.2) is 29.9 Å². The molecule has 0 aliphatic carbocycles. The van der Waals surface area contributed by atoms with E-state index in [4.69, 9.17) is 14.2 Å². The molecule has 3 rings (SSSR count). The molecule has 2 atom stereocenters. The first kappa shape index (κ1) is 17.8. The average molecular weight is 357 g/mol. The Kier molecular flexibility index (Phi) is 5.38. The van der Waals surface area contributed by atoms with E-state index < -0.39 is 24.1 Å². The maximum Gasteiger partial charge on any atom is 0.340 e. The van der Waals surface area contributed by atoms with Crippen molar-refractivity contribution in [3.8, 4) is 11.5 Å². The maximum absolute atomic E-state index is 12.1. The van der Waals surface area contributed by atoms with Gasteiger partial charge in [-0.3, -0.25) is 4.79 Å². The molecule has 0 bridgehead atoms. The molecule has 0 spiro atoms. The average Bonchev–Trinajstić information content (AvgIpc) is 3.13. The summed E-state index contributed by atoms with van der Waals surface area (Å²) in [7, 11) is 0. The van der Waals surface area contributed by atoms with Crippen molar-refractivity contribution >= 4 is 11.9 Å². The highest BCUT2D eigenvalue weighted by molar-refractivity contribution is 5.84. The first-order chi connectivity index (χ1) is 12.5. The van der Waals surface area contributed by atoms with Gasteiger partial charge in [0.05, 0.1) is 0 Å². The van der Waals surface area contributed by atoms with Crippen LogP contribution in [-0.2, 0) is 20.9 Å². The molecule has 7 nitrogen and oxygen atoms in total. The van der Waals surface area contributed by atoms with E-state index in [0.717, 1.165) is 5.56 Å². The lowest BCUT2D eigenvalue weighted by Crippen LogP contribution is -2.36. The number of hydrogen-bond acceptors (Lipinski definition) is 6. The Morgan fingerprint density at radius 2 is 1.88 bits per heavy atom. The highest BCUT2D eigenvalue weighted by Crippen LogP contribution is 2.32. The number of rotatable bonds is 6. The molecular weight excluding hydrogens is 338 g/mol. The van der Waals surface area contributed by atoms with Crippen LogP contribution >= 0.6 is 0 Å². The first-order valence-corrected chi connectivity index (χ1v) is 8.14. The van der Waals surface area contributed by atoms with E-state index in [1.165, 1.54) is 6.92 Å². The van der Waals surface area contributed by atoms with Gasteiger partial charge in [-0.05, 0) is 30.2 Å². The van der Waals surface area contributed by atoms with Gasteiger partial charge in [0.25, 0.3) is 5.91 Å². The Hall–Kier alpha value is -3.06. The second kappa shape index (κ2) is 7.88. The molecule has 2 N–H and O–H groups in total. The van der Waals surface area contributed by atoms with Crippen molar-refractivity contribution in [3.05, 3.63) is 59.7 Å². The zero-order chi connectivity index (χ0) is 18.5. The number of aliphatic hydroxyl groups excluding tert-OH is 1. The molecule has 0 unspecified atom stereocenters. The van der Waals surface area contributed by atoms with Crippen LogP contribution in [0.5, 0.6) is 11.5 Å². The van der Waals surface area contributed by atoms with Crippen molar-refractivity contribution in [2.24, 2.45) is 0 Å². The molecule has 0 radical (unpaired) electrons. The van der Waals surface area contributed by atoms with Crippen LogP contribution in [0.15, 0.2) is 48.5 Å². The number of esters is 1. The second-order valence-electron chi connectivity index (χ2n) is 5.80. The number of hydrogen-bond donors (Lipinski definition) is 2. The monoisotopic (exact) mass is 357 g/mol. The molecule has 7 heteroatoms. The minimum absolute atomic E-state index is 0.182. The molecule has 2 aromatic rings. The number of fused-ring (bicyclic) bond motifs is 1. The van der Waals surface area contributed by atoms with Crippen LogP contribution in [0.3, 0.4) is 0 Å². The Balaban J connectivity index is 1.50. The summed E-state index contributed by atoms with van der Waals surface area (Å²) in [6.45, 7) is 1.88. The Morgan fingerprint density at radius 1 is 1.15 bits per heavy atom. The van der Waals surface area contributed by atoms with Gasteiger partial charge in [0.15, 0.2) is 23.7 Å². The molecule has 136 valence electrons.